The van der Waals surface area contributed by atoms with Gasteiger partial charge in [-0.3, -0.25) is 0 Å². The number of rotatable bonds is 5. The van der Waals surface area contributed by atoms with Gasteiger partial charge in [0.2, 0.25) is 10.0 Å². The number of hydrogen-bond donors (Lipinski definition) is 3. The summed E-state index contributed by atoms with van der Waals surface area (Å²) >= 11 is 0. The Balaban J connectivity index is 2.85. The van der Waals surface area contributed by atoms with Gasteiger partial charge in [-0.05, 0) is 23.1 Å². The van der Waals surface area contributed by atoms with E-state index in [1.165, 1.54) is 12.1 Å². The van der Waals surface area contributed by atoms with Crippen LogP contribution in [0.25, 0.3) is 0 Å². The summed E-state index contributed by atoms with van der Waals surface area (Å²) in [5.74, 6) is 0. The maximum absolute atomic E-state index is 11.9. The normalized spacial score (nSPS) is 14.4. The minimum absolute atomic E-state index is 0.0389. The average Bonchev–Trinajstić information content (AvgIpc) is 2.35. The van der Waals surface area contributed by atoms with E-state index in [-0.39, 0.29) is 16.9 Å². The van der Waals surface area contributed by atoms with Gasteiger partial charge in [0.25, 0.3) is 0 Å². The summed E-state index contributed by atoms with van der Waals surface area (Å²) in [6.45, 7) is 5.45. The first-order chi connectivity index (χ1) is 8.66. The lowest BCUT2D eigenvalue weighted by atomic mass is 9.87. The second-order valence-electron chi connectivity index (χ2n) is 5.46. The van der Waals surface area contributed by atoms with Crippen molar-refractivity contribution in [3.05, 3.63) is 29.8 Å². The van der Waals surface area contributed by atoms with Crippen LogP contribution in [0.15, 0.2) is 29.2 Å². The molecule has 0 saturated carbocycles. The molecule has 0 bridgehead atoms. The summed E-state index contributed by atoms with van der Waals surface area (Å²) in [6.07, 6.45) is -1.09. The molecule has 0 aliphatic rings. The summed E-state index contributed by atoms with van der Waals surface area (Å²) in [5.41, 5.74) is 1.00. The van der Waals surface area contributed by atoms with Crippen molar-refractivity contribution in [3.8, 4) is 0 Å². The largest absolute Gasteiger partial charge is 0.394 e. The zero-order valence-corrected chi connectivity index (χ0v) is 12.2. The number of hydrogen-bond acceptors (Lipinski definition) is 4. The predicted molar refractivity (Wildman–Crippen MR) is 73.4 cm³/mol. The van der Waals surface area contributed by atoms with Crippen molar-refractivity contribution in [2.45, 2.75) is 37.2 Å². The van der Waals surface area contributed by atoms with Crippen molar-refractivity contribution in [1.82, 2.24) is 4.72 Å². The first kappa shape index (κ1) is 16.1. The van der Waals surface area contributed by atoms with Gasteiger partial charge in [-0.15, -0.1) is 0 Å². The molecule has 0 spiro atoms. The third kappa shape index (κ3) is 4.58. The van der Waals surface area contributed by atoms with Gasteiger partial charge in [0.15, 0.2) is 0 Å². The van der Waals surface area contributed by atoms with Crippen molar-refractivity contribution >= 4 is 10.0 Å². The van der Waals surface area contributed by atoms with Gasteiger partial charge in [-0.25, -0.2) is 13.1 Å². The molecule has 1 aromatic rings. The fourth-order valence-electron chi connectivity index (χ4n) is 1.49. The molecule has 3 N–H and O–H groups in total. The number of aliphatic hydroxyl groups excluding tert-OH is 2. The third-order valence-electron chi connectivity index (χ3n) is 2.75. The monoisotopic (exact) mass is 287 g/mol. The van der Waals surface area contributed by atoms with Crippen LogP contribution in [0.1, 0.15) is 26.3 Å². The van der Waals surface area contributed by atoms with Crippen molar-refractivity contribution in [2.75, 3.05) is 13.2 Å². The van der Waals surface area contributed by atoms with E-state index >= 15 is 0 Å². The van der Waals surface area contributed by atoms with Gasteiger partial charge in [0.05, 0.1) is 17.6 Å². The number of benzene rings is 1. The van der Waals surface area contributed by atoms with E-state index in [9.17, 15) is 8.42 Å². The molecular weight excluding hydrogens is 266 g/mol. The average molecular weight is 287 g/mol. The molecule has 0 aromatic heterocycles. The molecule has 1 atom stereocenters. The highest BCUT2D eigenvalue weighted by Crippen LogP contribution is 2.23. The fraction of sp³-hybridized carbons (Fsp3) is 0.538. The minimum Gasteiger partial charge on any atom is -0.394 e. The van der Waals surface area contributed by atoms with Crippen molar-refractivity contribution in [3.63, 3.8) is 0 Å². The van der Waals surface area contributed by atoms with Gasteiger partial charge < -0.3 is 10.2 Å². The topological polar surface area (TPSA) is 86.6 Å². The molecule has 0 amide bonds. The van der Waals surface area contributed by atoms with Gasteiger partial charge in [0, 0.05) is 6.54 Å². The van der Waals surface area contributed by atoms with E-state index in [0.29, 0.717) is 0 Å². The zero-order chi connectivity index (χ0) is 14.7. The van der Waals surface area contributed by atoms with E-state index in [1.807, 2.05) is 20.8 Å². The van der Waals surface area contributed by atoms with Crippen LogP contribution < -0.4 is 4.72 Å². The van der Waals surface area contributed by atoms with Gasteiger partial charge in [-0.2, -0.15) is 0 Å². The van der Waals surface area contributed by atoms with E-state index in [0.717, 1.165) is 5.56 Å². The zero-order valence-electron chi connectivity index (χ0n) is 11.4. The molecule has 0 aliphatic carbocycles. The molecule has 0 saturated heterocycles. The van der Waals surface area contributed by atoms with Gasteiger partial charge in [0.1, 0.15) is 0 Å². The maximum atomic E-state index is 11.9. The van der Waals surface area contributed by atoms with Gasteiger partial charge >= 0.3 is 0 Å². The summed E-state index contributed by atoms with van der Waals surface area (Å²) in [4.78, 5) is 0.144. The van der Waals surface area contributed by atoms with Crippen LogP contribution in [0.5, 0.6) is 0 Å². The fourth-order valence-corrected chi connectivity index (χ4v) is 2.56. The SMILES string of the molecule is CC(C)(C)c1ccc(S(=O)(=O)NCC(O)CO)cc1. The van der Waals surface area contributed by atoms with E-state index in [2.05, 4.69) is 4.72 Å². The Morgan fingerprint density at radius 2 is 1.74 bits per heavy atom. The molecule has 19 heavy (non-hydrogen) atoms. The Bertz CT molecular complexity index is 502. The van der Waals surface area contributed by atoms with Crippen LogP contribution in [0, 0.1) is 0 Å². The second-order valence-corrected chi connectivity index (χ2v) is 7.23. The second kappa shape index (κ2) is 6.00. The molecule has 0 fully saturated rings. The molecule has 108 valence electrons. The lowest BCUT2D eigenvalue weighted by Crippen LogP contribution is -2.33. The molecule has 6 heteroatoms. The summed E-state index contributed by atoms with van der Waals surface area (Å²) < 4.78 is 26.1. The molecule has 0 radical (unpaired) electrons. The Morgan fingerprint density at radius 1 is 1.21 bits per heavy atom. The molecular formula is C13H21NO4S. The standard InChI is InChI=1S/C13H21NO4S/c1-13(2,3)10-4-6-12(7-5-10)19(17,18)14-8-11(16)9-15/h4-7,11,14-16H,8-9H2,1-3H3. The van der Waals surface area contributed by atoms with Crippen molar-refractivity contribution in [1.29, 1.82) is 0 Å². The van der Waals surface area contributed by atoms with Crippen LogP contribution in [0.3, 0.4) is 0 Å². The number of nitrogens with one attached hydrogen (secondary N) is 1. The summed E-state index contributed by atoms with van der Waals surface area (Å²) in [6, 6.07) is 6.62. The smallest absolute Gasteiger partial charge is 0.240 e. The molecule has 5 nitrogen and oxygen atoms in total. The lowest BCUT2D eigenvalue weighted by molar-refractivity contribution is 0.0988. The Labute approximate surface area is 114 Å². The van der Waals surface area contributed by atoms with E-state index in [4.69, 9.17) is 10.2 Å². The highest BCUT2D eigenvalue weighted by atomic mass is 32.2. The molecule has 0 aliphatic heterocycles. The maximum Gasteiger partial charge on any atom is 0.240 e. The van der Waals surface area contributed by atoms with Crippen LogP contribution in [0.2, 0.25) is 0 Å². The summed E-state index contributed by atoms with van der Waals surface area (Å²) in [5, 5.41) is 17.8. The lowest BCUT2D eigenvalue weighted by Gasteiger charge is -2.19. The van der Waals surface area contributed by atoms with E-state index in [1.54, 1.807) is 12.1 Å². The highest BCUT2D eigenvalue weighted by molar-refractivity contribution is 7.89. The Morgan fingerprint density at radius 3 is 2.16 bits per heavy atom. The van der Waals surface area contributed by atoms with Crippen LogP contribution >= 0.6 is 0 Å². The minimum atomic E-state index is -3.65. The Hall–Kier alpha value is -0.950. The molecule has 1 aromatic carbocycles. The van der Waals surface area contributed by atoms with Crippen LogP contribution in [0.4, 0.5) is 0 Å². The third-order valence-corrected chi connectivity index (χ3v) is 4.19. The van der Waals surface area contributed by atoms with E-state index < -0.39 is 22.7 Å². The summed E-state index contributed by atoms with van der Waals surface area (Å²) in [7, 11) is -3.65. The van der Waals surface area contributed by atoms with Crippen LogP contribution in [-0.4, -0.2) is 37.9 Å². The molecule has 0 heterocycles. The highest BCUT2D eigenvalue weighted by Gasteiger charge is 2.18. The number of sulfonamides is 1. The molecule has 1 rings (SSSR count). The van der Waals surface area contributed by atoms with Crippen molar-refractivity contribution < 1.29 is 18.6 Å². The van der Waals surface area contributed by atoms with Gasteiger partial charge in [-0.1, -0.05) is 32.9 Å². The first-order valence-electron chi connectivity index (χ1n) is 6.06. The molecule has 1 unspecified atom stereocenters. The number of aliphatic hydroxyl groups is 2. The van der Waals surface area contributed by atoms with Crippen LogP contribution in [-0.2, 0) is 15.4 Å². The predicted octanol–water partition coefficient (Wildman–Crippen LogP) is 0.616. The quantitative estimate of drug-likeness (QED) is 0.741. The van der Waals surface area contributed by atoms with Crippen molar-refractivity contribution in [2.24, 2.45) is 0 Å². The Kier molecular flexibility index (Phi) is 5.09. The first-order valence-corrected chi connectivity index (χ1v) is 7.54.